The van der Waals surface area contributed by atoms with E-state index in [2.05, 4.69) is 5.32 Å². The number of amides is 1. The van der Waals surface area contributed by atoms with Crippen molar-refractivity contribution in [2.24, 2.45) is 0 Å². The van der Waals surface area contributed by atoms with Gasteiger partial charge in [0.05, 0.1) is 6.04 Å². The Kier molecular flexibility index (Phi) is 4.67. The minimum absolute atomic E-state index is 0.0406. The number of rotatable bonds is 5. The molecule has 1 aromatic carbocycles. The molecule has 0 saturated heterocycles. The molecule has 1 rings (SSSR count). The first-order valence-corrected chi connectivity index (χ1v) is 5.36. The summed E-state index contributed by atoms with van der Waals surface area (Å²) in [6.45, 7) is 1.24. The maximum absolute atomic E-state index is 11.0. The van der Waals surface area contributed by atoms with Crippen LogP contribution in [0.1, 0.15) is 12.5 Å². The molecule has 98 valence electrons. The van der Waals surface area contributed by atoms with Crippen LogP contribution >= 0.6 is 0 Å². The fourth-order valence-electron chi connectivity index (χ4n) is 1.61. The SMILES string of the molecule is CC(=O)NC(Cc1cccc(O)c1)C(O)C(=O)O. The first-order chi connectivity index (χ1) is 8.40. The van der Waals surface area contributed by atoms with Gasteiger partial charge in [0.15, 0.2) is 6.10 Å². The Morgan fingerprint density at radius 1 is 1.39 bits per heavy atom. The van der Waals surface area contributed by atoms with E-state index in [-0.39, 0.29) is 12.2 Å². The van der Waals surface area contributed by atoms with E-state index >= 15 is 0 Å². The average molecular weight is 253 g/mol. The molecule has 0 saturated carbocycles. The fraction of sp³-hybridized carbons (Fsp3) is 0.333. The highest BCUT2D eigenvalue weighted by atomic mass is 16.4. The molecular weight excluding hydrogens is 238 g/mol. The molecule has 2 atom stereocenters. The predicted molar refractivity (Wildman–Crippen MR) is 63.1 cm³/mol. The highest BCUT2D eigenvalue weighted by Gasteiger charge is 2.26. The number of carbonyl (C=O) groups excluding carboxylic acids is 1. The first kappa shape index (κ1) is 14.0. The Bertz CT molecular complexity index is 446. The van der Waals surface area contributed by atoms with E-state index in [0.717, 1.165) is 0 Å². The lowest BCUT2D eigenvalue weighted by molar-refractivity contribution is -0.148. The molecule has 0 heterocycles. The number of aliphatic carboxylic acids is 1. The largest absolute Gasteiger partial charge is 0.508 e. The van der Waals surface area contributed by atoms with Crippen molar-refractivity contribution in [2.45, 2.75) is 25.5 Å². The van der Waals surface area contributed by atoms with Gasteiger partial charge in [0, 0.05) is 6.92 Å². The van der Waals surface area contributed by atoms with Gasteiger partial charge in [-0.1, -0.05) is 12.1 Å². The second-order valence-electron chi connectivity index (χ2n) is 3.96. The number of carbonyl (C=O) groups is 2. The minimum Gasteiger partial charge on any atom is -0.508 e. The van der Waals surface area contributed by atoms with Crippen LogP contribution in [-0.2, 0) is 16.0 Å². The number of benzene rings is 1. The lowest BCUT2D eigenvalue weighted by Crippen LogP contribution is -2.47. The van der Waals surface area contributed by atoms with E-state index in [1.165, 1.54) is 19.1 Å². The molecule has 4 N–H and O–H groups in total. The number of hydrogen-bond acceptors (Lipinski definition) is 4. The highest BCUT2D eigenvalue weighted by molar-refractivity contribution is 5.77. The zero-order valence-corrected chi connectivity index (χ0v) is 9.83. The summed E-state index contributed by atoms with van der Waals surface area (Å²) in [5.41, 5.74) is 0.619. The second kappa shape index (κ2) is 6.02. The number of aromatic hydroxyl groups is 1. The number of carboxylic acids is 1. The zero-order chi connectivity index (χ0) is 13.7. The normalized spacial score (nSPS) is 13.7. The lowest BCUT2D eigenvalue weighted by atomic mass is 10.0. The first-order valence-electron chi connectivity index (χ1n) is 5.36. The van der Waals surface area contributed by atoms with Gasteiger partial charge in [0.2, 0.25) is 5.91 Å². The molecular formula is C12H15NO5. The third-order valence-electron chi connectivity index (χ3n) is 2.39. The Morgan fingerprint density at radius 3 is 2.56 bits per heavy atom. The molecule has 0 radical (unpaired) electrons. The fourth-order valence-corrected chi connectivity index (χ4v) is 1.61. The van der Waals surface area contributed by atoms with E-state index in [1.807, 2.05) is 0 Å². The maximum Gasteiger partial charge on any atom is 0.334 e. The number of hydrogen-bond donors (Lipinski definition) is 4. The summed E-state index contributed by atoms with van der Waals surface area (Å²) in [7, 11) is 0. The smallest absolute Gasteiger partial charge is 0.334 e. The van der Waals surface area contributed by atoms with E-state index < -0.39 is 24.0 Å². The molecule has 1 amide bonds. The summed E-state index contributed by atoms with van der Waals surface area (Å²) in [5.74, 6) is -1.80. The minimum atomic E-state index is -1.70. The molecule has 6 heteroatoms. The molecule has 18 heavy (non-hydrogen) atoms. The molecule has 0 aliphatic rings. The van der Waals surface area contributed by atoms with Gasteiger partial charge < -0.3 is 20.6 Å². The topological polar surface area (TPSA) is 107 Å². The molecule has 0 aromatic heterocycles. The van der Waals surface area contributed by atoms with Crippen molar-refractivity contribution in [1.82, 2.24) is 5.32 Å². The maximum atomic E-state index is 11.0. The van der Waals surface area contributed by atoms with Gasteiger partial charge in [-0.3, -0.25) is 4.79 Å². The Balaban J connectivity index is 2.84. The van der Waals surface area contributed by atoms with Crippen LogP contribution in [0.15, 0.2) is 24.3 Å². The van der Waals surface area contributed by atoms with E-state index in [0.29, 0.717) is 5.56 Å². The highest BCUT2D eigenvalue weighted by Crippen LogP contribution is 2.13. The number of phenols is 1. The number of aliphatic hydroxyl groups is 1. The summed E-state index contributed by atoms with van der Waals surface area (Å²) in [6, 6.07) is 5.25. The summed E-state index contributed by atoms with van der Waals surface area (Å²) in [4.78, 5) is 21.7. The third-order valence-corrected chi connectivity index (χ3v) is 2.39. The van der Waals surface area contributed by atoms with E-state index in [4.69, 9.17) is 5.11 Å². The average Bonchev–Trinajstić information content (AvgIpc) is 2.26. The molecule has 0 bridgehead atoms. The monoisotopic (exact) mass is 253 g/mol. The van der Waals surface area contributed by atoms with Crippen molar-refractivity contribution in [2.75, 3.05) is 0 Å². The van der Waals surface area contributed by atoms with Crippen molar-refractivity contribution in [3.8, 4) is 5.75 Å². The summed E-state index contributed by atoms with van der Waals surface area (Å²) >= 11 is 0. The molecule has 0 fully saturated rings. The number of nitrogens with one attached hydrogen (secondary N) is 1. The molecule has 6 nitrogen and oxygen atoms in total. The summed E-state index contributed by atoms with van der Waals surface area (Å²) in [5, 5.41) is 29.9. The van der Waals surface area contributed by atoms with Crippen LogP contribution < -0.4 is 5.32 Å². The molecule has 2 unspecified atom stereocenters. The van der Waals surface area contributed by atoms with Gasteiger partial charge in [-0.2, -0.15) is 0 Å². The molecule has 0 aliphatic heterocycles. The molecule has 1 aromatic rings. The summed E-state index contributed by atoms with van der Waals surface area (Å²) in [6.07, 6.45) is -1.59. The van der Waals surface area contributed by atoms with Crippen LogP contribution in [0.3, 0.4) is 0 Å². The van der Waals surface area contributed by atoms with Crippen LogP contribution in [0.4, 0.5) is 0 Å². The zero-order valence-electron chi connectivity index (χ0n) is 9.83. The summed E-state index contributed by atoms with van der Waals surface area (Å²) < 4.78 is 0. The van der Waals surface area contributed by atoms with Gasteiger partial charge >= 0.3 is 5.97 Å². The second-order valence-corrected chi connectivity index (χ2v) is 3.96. The standard InChI is InChI=1S/C12H15NO5/c1-7(14)13-10(11(16)12(17)18)6-8-3-2-4-9(15)5-8/h2-5,10-11,15-16H,6H2,1H3,(H,13,14)(H,17,18). The van der Waals surface area contributed by atoms with E-state index in [9.17, 15) is 19.8 Å². The third kappa shape index (κ3) is 4.06. The Morgan fingerprint density at radius 2 is 2.06 bits per heavy atom. The number of carboxylic acid groups (broad SMARTS) is 1. The number of aliphatic hydroxyl groups excluding tert-OH is 1. The molecule has 0 spiro atoms. The van der Waals surface area contributed by atoms with Gasteiger partial charge in [0.1, 0.15) is 5.75 Å². The van der Waals surface area contributed by atoms with Crippen LogP contribution in [0, 0.1) is 0 Å². The van der Waals surface area contributed by atoms with Gasteiger partial charge in [-0.05, 0) is 24.1 Å². The quantitative estimate of drug-likeness (QED) is 0.585. The van der Waals surface area contributed by atoms with Crippen molar-refractivity contribution in [3.05, 3.63) is 29.8 Å². The Hall–Kier alpha value is -2.08. The predicted octanol–water partition coefficient (Wildman–Crippen LogP) is -0.115. The van der Waals surface area contributed by atoms with E-state index in [1.54, 1.807) is 12.1 Å². The van der Waals surface area contributed by atoms with Crippen LogP contribution in [0.25, 0.3) is 0 Å². The lowest BCUT2D eigenvalue weighted by Gasteiger charge is -2.20. The van der Waals surface area contributed by atoms with Crippen molar-refractivity contribution in [3.63, 3.8) is 0 Å². The van der Waals surface area contributed by atoms with Crippen LogP contribution in [0.5, 0.6) is 5.75 Å². The van der Waals surface area contributed by atoms with Crippen molar-refractivity contribution >= 4 is 11.9 Å². The number of phenolic OH excluding ortho intramolecular Hbond substituents is 1. The van der Waals surface area contributed by atoms with Crippen molar-refractivity contribution in [1.29, 1.82) is 0 Å². The molecule has 0 aliphatic carbocycles. The van der Waals surface area contributed by atoms with Gasteiger partial charge in [0.25, 0.3) is 0 Å². The van der Waals surface area contributed by atoms with Crippen LogP contribution in [0.2, 0.25) is 0 Å². The van der Waals surface area contributed by atoms with Crippen LogP contribution in [-0.4, -0.2) is 39.3 Å². The van der Waals surface area contributed by atoms with Gasteiger partial charge in [-0.25, -0.2) is 4.79 Å². The Labute approximate surface area is 104 Å². The van der Waals surface area contributed by atoms with Gasteiger partial charge in [-0.15, -0.1) is 0 Å². The van der Waals surface area contributed by atoms with Crippen molar-refractivity contribution < 1.29 is 24.9 Å².